The van der Waals surface area contributed by atoms with Gasteiger partial charge in [0.1, 0.15) is 5.58 Å². The van der Waals surface area contributed by atoms with E-state index in [1.807, 2.05) is 0 Å². The highest BCUT2D eigenvalue weighted by Gasteiger charge is 2.12. The van der Waals surface area contributed by atoms with E-state index in [4.69, 9.17) is 27.6 Å². The largest absolute Gasteiger partial charge is 0.454 e. The van der Waals surface area contributed by atoms with Gasteiger partial charge in [0, 0.05) is 22.3 Å². The van der Waals surface area contributed by atoms with Gasteiger partial charge in [-0.25, -0.2) is 0 Å². The fraction of sp³-hybridized carbons (Fsp3) is 0. The number of benzene rings is 3. The number of anilines is 1. The van der Waals surface area contributed by atoms with Crippen molar-refractivity contribution in [3.05, 3.63) is 86.5 Å². The molecule has 26 heavy (non-hydrogen) atoms. The maximum absolute atomic E-state index is 12.6. The Morgan fingerprint density at radius 1 is 0.923 bits per heavy atom. The summed E-state index contributed by atoms with van der Waals surface area (Å²) in [5.74, 6) is -0.290. The number of amides is 1. The molecule has 1 N–H and O–H groups in total. The Balaban J connectivity index is 1.76. The Labute approximate surface area is 158 Å². The number of carbonyl (C=O) groups excluding carboxylic acids is 1. The predicted molar refractivity (Wildman–Crippen MR) is 104 cm³/mol. The summed E-state index contributed by atoms with van der Waals surface area (Å²) >= 11 is 12.0. The van der Waals surface area contributed by atoms with Crippen LogP contribution >= 0.6 is 23.2 Å². The lowest BCUT2D eigenvalue weighted by Crippen LogP contribution is -2.12. The second kappa shape index (κ2) is 6.48. The summed E-state index contributed by atoms with van der Waals surface area (Å²) in [6.45, 7) is 0. The van der Waals surface area contributed by atoms with E-state index in [0.717, 1.165) is 0 Å². The van der Waals surface area contributed by atoms with Gasteiger partial charge in [0.15, 0.2) is 5.58 Å². The van der Waals surface area contributed by atoms with Gasteiger partial charge < -0.3 is 9.73 Å². The van der Waals surface area contributed by atoms with Crippen LogP contribution in [0.3, 0.4) is 0 Å². The molecule has 4 nitrogen and oxygen atoms in total. The van der Waals surface area contributed by atoms with Crippen molar-refractivity contribution in [2.24, 2.45) is 0 Å². The van der Waals surface area contributed by atoms with E-state index >= 15 is 0 Å². The first-order valence-electron chi connectivity index (χ1n) is 7.75. The van der Waals surface area contributed by atoms with Crippen LogP contribution in [0.15, 0.2) is 69.9 Å². The van der Waals surface area contributed by atoms with E-state index in [9.17, 15) is 9.59 Å². The topological polar surface area (TPSA) is 59.3 Å². The van der Waals surface area contributed by atoms with Crippen LogP contribution in [0.25, 0.3) is 21.9 Å². The Bertz CT molecular complexity index is 1210. The van der Waals surface area contributed by atoms with E-state index in [-0.39, 0.29) is 11.3 Å². The number of para-hydroxylation sites is 1. The molecule has 0 atom stereocenters. The second-order valence-electron chi connectivity index (χ2n) is 5.72. The zero-order valence-electron chi connectivity index (χ0n) is 13.3. The Kier molecular flexibility index (Phi) is 4.15. The summed E-state index contributed by atoms with van der Waals surface area (Å²) in [6.07, 6.45) is 0. The minimum atomic E-state index is -0.290. The molecule has 0 fully saturated rings. The van der Waals surface area contributed by atoms with Crippen molar-refractivity contribution in [1.82, 2.24) is 0 Å². The van der Waals surface area contributed by atoms with Crippen LogP contribution in [-0.2, 0) is 0 Å². The maximum atomic E-state index is 12.6. The quantitative estimate of drug-likeness (QED) is 0.464. The van der Waals surface area contributed by atoms with Gasteiger partial charge in [-0.2, -0.15) is 0 Å². The number of rotatable bonds is 2. The zero-order valence-corrected chi connectivity index (χ0v) is 14.8. The van der Waals surface area contributed by atoms with Crippen LogP contribution in [0.4, 0.5) is 5.69 Å². The summed E-state index contributed by atoms with van der Waals surface area (Å²) < 4.78 is 5.80. The Morgan fingerprint density at radius 3 is 2.46 bits per heavy atom. The maximum Gasteiger partial charge on any atom is 0.255 e. The summed E-state index contributed by atoms with van der Waals surface area (Å²) in [4.78, 5) is 24.9. The number of carbonyl (C=O) groups is 1. The van der Waals surface area contributed by atoms with Crippen LogP contribution in [-0.4, -0.2) is 5.91 Å². The third kappa shape index (κ3) is 2.94. The standard InChI is InChI=1S/C20H11Cl2NO3/c21-12-6-4-11(5-7-12)20(25)23-13-8-9-14-17(10-13)26-19-15(18(14)24)2-1-3-16(19)22/h1-10H,(H,23,25). The number of hydrogen-bond acceptors (Lipinski definition) is 3. The van der Waals surface area contributed by atoms with E-state index in [0.29, 0.717) is 43.2 Å². The van der Waals surface area contributed by atoms with Crippen molar-refractivity contribution in [3.63, 3.8) is 0 Å². The number of hydrogen-bond donors (Lipinski definition) is 1. The van der Waals surface area contributed by atoms with Gasteiger partial charge in [-0.05, 0) is 48.5 Å². The highest BCUT2D eigenvalue weighted by molar-refractivity contribution is 6.34. The second-order valence-corrected chi connectivity index (χ2v) is 6.56. The average molecular weight is 384 g/mol. The number of nitrogens with one attached hydrogen (secondary N) is 1. The lowest BCUT2D eigenvalue weighted by molar-refractivity contribution is 0.102. The first kappa shape index (κ1) is 16.6. The van der Waals surface area contributed by atoms with Gasteiger partial charge in [0.05, 0.1) is 15.8 Å². The van der Waals surface area contributed by atoms with Crippen LogP contribution < -0.4 is 10.7 Å². The van der Waals surface area contributed by atoms with Gasteiger partial charge >= 0.3 is 0 Å². The first-order valence-corrected chi connectivity index (χ1v) is 8.50. The molecule has 4 rings (SSSR count). The van der Waals surface area contributed by atoms with Gasteiger partial charge in [0.25, 0.3) is 5.91 Å². The predicted octanol–water partition coefficient (Wildman–Crippen LogP) is 5.51. The summed E-state index contributed by atoms with van der Waals surface area (Å²) in [5, 5.41) is 4.53. The molecule has 1 heterocycles. The lowest BCUT2D eigenvalue weighted by atomic mass is 10.1. The van der Waals surface area contributed by atoms with Crippen LogP contribution in [0.1, 0.15) is 10.4 Å². The minimum Gasteiger partial charge on any atom is -0.454 e. The highest BCUT2D eigenvalue weighted by Crippen LogP contribution is 2.26. The molecule has 0 radical (unpaired) electrons. The van der Waals surface area contributed by atoms with Gasteiger partial charge in [-0.1, -0.05) is 29.3 Å². The van der Waals surface area contributed by atoms with Crippen molar-refractivity contribution >= 4 is 56.7 Å². The third-order valence-corrected chi connectivity index (χ3v) is 4.56. The zero-order chi connectivity index (χ0) is 18.3. The molecule has 0 spiro atoms. The normalized spacial score (nSPS) is 11.0. The molecular formula is C20H11Cl2NO3. The Morgan fingerprint density at radius 2 is 1.69 bits per heavy atom. The van der Waals surface area contributed by atoms with E-state index < -0.39 is 0 Å². The molecule has 0 saturated carbocycles. The first-order chi connectivity index (χ1) is 12.5. The van der Waals surface area contributed by atoms with Crippen molar-refractivity contribution in [1.29, 1.82) is 0 Å². The third-order valence-electron chi connectivity index (χ3n) is 4.01. The highest BCUT2D eigenvalue weighted by atomic mass is 35.5. The van der Waals surface area contributed by atoms with Crippen LogP contribution in [0.5, 0.6) is 0 Å². The minimum absolute atomic E-state index is 0.167. The summed E-state index contributed by atoms with van der Waals surface area (Å²) in [6, 6.07) is 16.5. The molecule has 0 aliphatic carbocycles. The molecular weight excluding hydrogens is 373 g/mol. The molecule has 0 aliphatic rings. The van der Waals surface area contributed by atoms with Crippen molar-refractivity contribution in [2.75, 3.05) is 5.32 Å². The molecule has 0 saturated heterocycles. The van der Waals surface area contributed by atoms with Gasteiger partial charge in [-0.3, -0.25) is 9.59 Å². The fourth-order valence-electron chi connectivity index (χ4n) is 2.72. The molecule has 1 amide bonds. The number of halogens is 2. The fourth-order valence-corrected chi connectivity index (χ4v) is 3.06. The van der Waals surface area contributed by atoms with Gasteiger partial charge in [0.2, 0.25) is 5.43 Å². The average Bonchev–Trinajstić information content (AvgIpc) is 2.63. The van der Waals surface area contributed by atoms with Crippen LogP contribution in [0, 0.1) is 0 Å². The van der Waals surface area contributed by atoms with Crippen molar-refractivity contribution < 1.29 is 9.21 Å². The molecule has 4 aromatic rings. The SMILES string of the molecule is O=C(Nc1ccc2c(=O)c3cccc(Cl)c3oc2c1)c1ccc(Cl)cc1. The lowest BCUT2D eigenvalue weighted by Gasteiger charge is -2.07. The molecule has 3 aromatic carbocycles. The van der Waals surface area contributed by atoms with Gasteiger partial charge in [-0.15, -0.1) is 0 Å². The van der Waals surface area contributed by atoms with E-state index in [1.54, 1.807) is 60.7 Å². The summed E-state index contributed by atoms with van der Waals surface area (Å²) in [5.41, 5.74) is 1.49. The number of fused-ring (bicyclic) bond motifs is 2. The molecule has 1 aromatic heterocycles. The Hall–Kier alpha value is -2.82. The van der Waals surface area contributed by atoms with E-state index in [1.165, 1.54) is 0 Å². The van der Waals surface area contributed by atoms with Crippen LogP contribution in [0.2, 0.25) is 10.0 Å². The smallest absolute Gasteiger partial charge is 0.255 e. The molecule has 128 valence electrons. The molecule has 0 unspecified atom stereocenters. The van der Waals surface area contributed by atoms with E-state index in [2.05, 4.69) is 5.32 Å². The monoisotopic (exact) mass is 383 g/mol. The molecule has 0 bridgehead atoms. The van der Waals surface area contributed by atoms with Crippen molar-refractivity contribution in [3.8, 4) is 0 Å². The molecule has 6 heteroatoms. The summed E-state index contributed by atoms with van der Waals surface area (Å²) in [7, 11) is 0. The van der Waals surface area contributed by atoms with Crippen molar-refractivity contribution in [2.45, 2.75) is 0 Å². The molecule has 0 aliphatic heterocycles.